The monoisotopic (exact) mass is 275 g/mol. The summed E-state index contributed by atoms with van der Waals surface area (Å²) in [6.45, 7) is 5.87. The molecule has 7 heteroatoms. The summed E-state index contributed by atoms with van der Waals surface area (Å²) in [4.78, 5) is 24.3. The van der Waals surface area contributed by atoms with Crippen molar-refractivity contribution in [1.29, 1.82) is 0 Å². The lowest BCUT2D eigenvalue weighted by molar-refractivity contribution is -0.146. The minimum absolute atomic E-state index is 0.0910. The Morgan fingerprint density at radius 1 is 1.26 bits per heavy atom. The molecule has 0 saturated carbocycles. The van der Waals surface area contributed by atoms with Crippen LogP contribution in [0.5, 0.6) is 0 Å². The van der Waals surface area contributed by atoms with Gasteiger partial charge in [-0.2, -0.15) is 0 Å². The third-order valence-corrected chi connectivity index (χ3v) is 2.73. The number of carbonyl (C=O) groups excluding carboxylic acids is 1. The first kappa shape index (κ1) is 17.7. The van der Waals surface area contributed by atoms with Crippen LogP contribution in [0.15, 0.2) is 0 Å². The third kappa shape index (κ3) is 8.39. The first-order chi connectivity index (χ1) is 8.79. The second-order valence-corrected chi connectivity index (χ2v) is 5.09. The number of nitrogens with one attached hydrogen (secondary N) is 2. The molecule has 0 aliphatic rings. The first-order valence-corrected chi connectivity index (χ1v) is 6.22. The van der Waals surface area contributed by atoms with Gasteiger partial charge in [-0.25, -0.2) is 4.79 Å². The van der Waals surface area contributed by atoms with Crippen molar-refractivity contribution in [2.24, 2.45) is 5.41 Å². The molecule has 0 unspecified atom stereocenters. The highest BCUT2D eigenvalue weighted by molar-refractivity contribution is 5.77. The van der Waals surface area contributed by atoms with Gasteiger partial charge in [-0.05, 0) is 20.9 Å². The van der Waals surface area contributed by atoms with Crippen LogP contribution in [0.4, 0.5) is 4.79 Å². The summed E-state index contributed by atoms with van der Waals surface area (Å²) >= 11 is 0. The number of amides is 2. The van der Waals surface area contributed by atoms with E-state index in [1.807, 2.05) is 11.9 Å². The molecule has 0 aliphatic heterocycles. The molecule has 0 radical (unpaired) electrons. The normalized spacial score (nSPS) is 11.4. The summed E-state index contributed by atoms with van der Waals surface area (Å²) in [5, 5.41) is 14.1. The highest BCUT2D eigenvalue weighted by atomic mass is 16.5. The van der Waals surface area contributed by atoms with Gasteiger partial charge < -0.3 is 25.4 Å². The van der Waals surface area contributed by atoms with E-state index in [1.165, 1.54) is 0 Å². The molecular weight excluding hydrogens is 250 g/mol. The second kappa shape index (κ2) is 8.71. The number of carboxylic acid groups (broad SMARTS) is 1. The predicted molar refractivity (Wildman–Crippen MR) is 72.2 cm³/mol. The highest BCUT2D eigenvalue weighted by Gasteiger charge is 2.27. The van der Waals surface area contributed by atoms with Gasteiger partial charge in [0.05, 0.1) is 12.0 Å². The molecule has 0 bridgehead atoms. The maximum absolute atomic E-state index is 11.4. The van der Waals surface area contributed by atoms with Crippen LogP contribution in [0.2, 0.25) is 0 Å². The number of aliphatic carboxylic acids is 1. The maximum Gasteiger partial charge on any atom is 0.314 e. The van der Waals surface area contributed by atoms with Gasteiger partial charge in [-0.3, -0.25) is 4.79 Å². The fourth-order valence-corrected chi connectivity index (χ4v) is 1.16. The molecule has 7 nitrogen and oxygen atoms in total. The fraction of sp³-hybridized carbons (Fsp3) is 0.833. The van der Waals surface area contributed by atoms with Crippen LogP contribution in [-0.4, -0.2) is 69.0 Å². The Hall–Kier alpha value is -1.34. The molecule has 0 aromatic rings. The van der Waals surface area contributed by atoms with Crippen molar-refractivity contribution in [2.45, 2.75) is 13.8 Å². The molecule has 0 aliphatic carbocycles. The lowest BCUT2D eigenvalue weighted by Crippen LogP contribution is -2.45. The van der Waals surface area contributed by atoms with Crippen molar-refractivity contribution in [1.82, 2.24) is 15.5 Å². The quantitative estimate of drug-likeness (QED) is 0.550. The van der Waals surface area contributed by atoms with Crippen LogP contribution < -0.4 is 10.6 Å². The molecule has 0 aromatic carbocycles. The topological polar surface area (TPSA) is 90.9 Å². The van der Waals surface area contributed by atoms with Crippen LogP contribution in [0.1, 0.15) is 13.8 Å². The van der Waals surface area contributed by atoms with E-state index >= 15 is 0 Å². The summed E-state index contributed by atoms with van der Waals surface area (Å²) in [5.41, 5.74) is -0.966. The lowest BCUT2D eigenvalue weighted by atomic mass is 9.94. The number of urea groups is 1. The van der Waals surface area contributed by atoms with Gasteiger partial charge in [0, 0.05) is 33.3 Å². The SMILES string of the molecule is COCCN(C)CCNC(=O)NCC(C)(C)C(=O)O. The van der Waals surface area contributed by atoms with Crippen LogP contribution in [0.25, 0.3) is 0 Å². The Bertz CT molecular complexity index is 295. The summed E-state index contributed by atoms with van der Waals surface area (Å²) in [5.74, 6) is -0.938. The second-order valence-electron chi connectivity index (χ2n) is 5.09. The largest absolute Gasteiger partial charge is 0.481 e. The van der Waals surface area contributed by atoms with E-state index in [2.05, 4.69) is 10.6 Å². The Balaban J connectivity index is 3.74. The molecule has 0 spiro atoms. The van der Waals surface area contributed by atoms with Crippen molar-refractivity contribution in [3.63, 3.8) is 0 Å². The highest BCUT2D eigenvalue weighted by Crippen LogP contribution is 2.12. The average molecular weight is 275 g/mol. The zero-order chi connectivity index (χ0) is 14.9. The lowest BCUT2D eigenvalue weighted by Gasteiger charge is -2.20. The van der Waals surface area contributed by atoms with Crippen molar-refractivity contribution >= 4 is 12.0 Å². The Kier molecular flexibility index (Phi) is 8.09. The molecule has 0 fully saturated rings. The van der Waals surface area contributed by atoms with Crippen LogP contribution >= 0.6 is 0 Å². The summed E-state index contributed by atoms with van der Waals surface area (Å²) < 4.78 is 4.94. The van der Waals surface area contributed by atoms with Crippen molar-refractivity contribution in [3.05, 3.63) is 0 Å². The van der Waals surface area contributed by atoms with E-state index in [0.717, 1.165) is 6.54 Å². The minimum atomic E-state index is -0.966. The molecule has 0 aromatic heterocycles. The third-order valence-electron chi connectivity index (χ3n) is 2.73. The zero-order valence-electron chi connectivity index (χ0n) is 12.2. The number of hydrogen-bond donors (Lipinski definition) is 3. The molecule has 112 valence electrons. The van der Waals surface area contributed by atoms with E-state index in [4.69, 9.17) is 9.84 Å². The number of likely N-dealkylation sites (N-methyl/N-ethyl adjacent to an activating group) is 1. The van der Waals surface area contributed by atoms with Gasteiger partial charge in [0.2, 0.25) is 0 Å². The van der Waals surface area contributed by atoms with E-state index in [0.29, 0.717) is 19.7 Å². The molecule has 19 heavy (non-hydrogen) atoms. The molecule has 2 amide bonds. The Morgan fingerprint density at radius 3 is 2.42 bits per heavy atom. The maximum atomic E-state index is 11.4. The first-order valence-electron chi connectivity index (χ1n) is 6.22. The van der Waals surface area contributed by atoms with Gasteiger partial charge in [-0.15, -0.1) is 0 Å². The molecule has 0 saturated heterocycles. The fourth-order valence-electron chi connectivity index (χ4n) is 1.16. The summed E-state index contributed by atoms with van der Waals surface area (Å²) in [6.07, 6.45) is 0. The number of nitrogens with zero attached hydrogens (tertiary/aromatic N) is 1. The Labute approximate surface area is 114 Å². The van der Waals surface area contributed by atoms with E-state index in [-0.39, 0.29) is 12.6 Å². The molecule has 0 heterocycles. The molecule has 0 atom stereocenters. The standard InChI is InChI=1S/C12H25N3O4/c1-12(2,10(16)17)9-14-11(18)13-5-6-15(3)7-8-19-4/h5-9H2,1-4H3,(H,16,17)(H2,13,14,18). The van der Waals surface area contributed by atoms with Gasteiger partial charge in [0.15, 0.2) is 0 Å². The van der Waals surface area contributed by atoms with Crippen molar-refractivity contribution in [2.75, 3.05) is 46.9 Å². The van der Waals surface area contributed by atoms with Crippen LogP contribution in [0.3, 0.4) is 0 Å². The smallest absolute Gasteiger partial charge is 0.314 e. The number of hydrogen-bond acceptors (Lipinski definition) is 4. The average Bonchev–Trinajstić information content (AvgIpc) is 2.33. The van der Waals surface area contributed by atoms with Crippen molar-refractivity contribution in [3.8, 4) is 0 Å². The number of methoxy groups -OCH3 is 1. The van der Waals surface area contributed by atoms with E-state index in [9.17, 15) is 9.59 Å². The van der Waals surface area contributed by atoms with Gasteiger partial charge >= 0.3 is 12.0 Å². The predicted octanol–water partition coefficient (Wildman–Crippen LogP) is -0.0254. The number of rotatable bonds is 9. The van der Waals surface area contributed by atoms with Crippen LogP contribution in [0, 0.1) is 5.41 Å². The zero-order valence-corrected chi connectivity index (χ0v) is 12.2. The number of ether oxygens (including phenoxy) is 1. The molecular formula is C12H25N3O4. The number of carbonyl (C=O) groups is 2. The molecule has 3 N–H and O–H groups in total. The van der Waals surface area contributed by atoms with E-state index < -0.39 is 11.4 Å². The summed E-state index contributed by atoms with van der Waals surface area (Å²) in [6, 6.07) is -0.352. The molecule has 0 rings (SSSR count). The van der Waals surface area contributed by atoms with Crippen LogP contribution in [-0.2, 0) is 9.53 Å². The van der Waals surface area contributed by atoms with Gasteiger partial charge in [-0.1, -0.05) is 0 Å². The van der Waals surface area contributed by atoms with Crippen molar-refractivity contribution < 1.29 is 19.4 Å². The Morgan fingerprint density at radius 2 is 1.89 bits per heavy atom. The number of carboxylic acids is 1. The summed E-state index contributed by atoms with van der Waals surface area (Å²) in [7, 11) is 3.58. The van der Waals surface area contributed by atoms with Gasteiger partial charge in [0.25, 0.3) is 0 Å². The minimum Gasteiger partial charge on any atom is -0.481 e. The van der Waals surface area contributed by atoms with E-state index in [1.54, 1.807) is 21.0 Å². The van der Waals surface area contributed by atoms with Gasteiger partial charge in [0.1, 0.15) is 0 Å².